The molecule has 1 aromatic carbocycles. The zero-order valence-electron chi connectivity index (χ0n) is 13.2. The van der Waals surface area contributed by atoms with Crippen molar-refractivity contribution >= 4 is 17.8 Å². The van der Waals surface area contributed by atoms with Crippen LogP contribution in [0.2, 0.25) is 0 Å². The summed E-state index contributed by atoms with van der Waals surface area (Å²) in [5.74, 6) is -1.35. The highest BCUT2D eigenvalue weighted by molar-refractivity contribution is 5.96. The third-order valence-corrected chi connectivity index (χ3v) is 3.10. The van der Waals surface area contributed by atoms with E-state index in [1.165, 1.54) is 0 Å². The maximum atomic E-state index is 11.9. The topological polar surface area (TPSA) is 84.5 Å². The van der Waals surface area contributed by atoms with E-state index in [4.69, 9.17) is 4.74 Å². The Morgan fingerprint density at radius 2 is 1.82 bits per heavy atom. The highest BCUT2D eigenvalue weighted by atomic mass is 16.5. The molecular weight excluding hydrogens is 284 g/mol. The highest BCUT2D eigenvalue weighted by Crippen LogP contribution is 2.09. The summed E-state index contributed by atoms with van der Waals surface area (Å²) in [6.07, 6.45) is 0.811. The Labute approximate surface area is 130 Å². The Morgan fingerprint density at radius 3 is 2.45 bits per heavy atom. The molecule has 1 aromatic rings. The van der Waals surface area contributed by atoms with E-state index >= 15 is 0 Å². The van der Waals surface area contributed by atoms with Crippen molar-refractivity contribution in [2.75, 3.05) is 19.7 Å². The molecule has 0 saturated heterocycles. The van der Waals surface area contributed by atoms with E-state index in [9.17, 15) is 14.4 Å². The Balaban J connectivity index is 2.35. The largest absolute Gasteiger partial charge is 0.454 e. The first-order valence-corrected chi connectivity index (χ1v) is 7.21. The second kappa shape index (κ2) is 8.81. The number of rotatable bonds is 7. The van der Waals surface area contributed by atoms with Crippen molar-refractivity contribution in [2.45, 2.75) is 27.2 Å². The minimum atomic E-state index is -0.649. The summed E-state index contributed by atoms with van der Waals surface area (Å²) < 4.78 is 4.76. The number of ether oxygens (including phenoxy) is 1. The Hall–Kier alpha value is -2.37. The second-order valence-corrected chi connectivity index (χ2v) is 4.99. The molecule has 2 amide bonds. The van der Waals surface area contributed by atoms with Gasteiger partial charge >= 0.3 is 5.97 Å². The smallest absolute Gasteiger partial charge is 0.325 e. The predicted octanol–water partition coefficient (Wildman–Crippen LogP) is 1.10. The molecule has 0 radical (unpaired) electrons. The lowest BCUT2D eigenvalue weighted by Crippen LogP contribution is -2.34. The number of benzene rings is 1. The molecule has 0 aromatic heterocycles. The fraction of sp³-hybridized carbons (Fsp3) is 0.438. The summed E-state index contributed by atoms with van der Waals surface area (Å²) >= 11 is 0. The van der Waals surface area contributed by atoms with Crippen LogP contribution in [0.5, 0.6) is 0 Å². The van der Waals surface area contributed by atoms with Crippen molar-refractivity contribution in [2.24, 2.45) is 0 Å². The van der Waals surface area contributed by atoms with Gasteiger partial charge in [0.2, 0.25) is 0 Å². The molecule has 6 nitrogen and oxygen atoms in total. The van der Waals surface area contributed by atoms with Crippen molar-refractivity contribution in [1.82, 2.24) is 10.6 Å². The zero-order chi connectivity index (χ0) is 16.5. The quantitative estimate of drug-likeness (QED) is 0.739. The lowest BCUT2D eigenvalue weighted by molar-refractivity contribution is -0.147. The molecule has 0 fully saturated rings. The molecule has 6 heteroatoms. The number of amides is 2. The van der Waals surface area contributed by atoms with E-state index in [0.717, 1.165) is 17.5 Å². The van der Waals surface area contributed by atoms with Crippen molar-refractivity contribution in [3.8, 4) is 0 Å². The van der Waals surface area contributed by atoms with Crippen LogP contribution in [0.1, 0.15) is 34.8 Å². The van der Waals surface area contributed by atoms with Gasteiger partial charge in [-0.15, -0.1) is 0 Å². The number of nitrogens with one attached hydrogen (secondary N) is 2. The highest BCUT2D eigenvalue weighted by Gasteiger charge is 2.11. The van der Waals surface area contributed by atoms with E-state index in [2.05, 4.69) is 10.6 Å². The van der Waals surface area contributed by atoms with Gasteiger partial charge in [-0.25, -0.2) is 0 Å². The summed E-state index contributed by atoms with van der Waals surface area (Å²) in [6, 6.07) is 5.30. The van der Waals surface area contributed by atoms with Crippen LogP contribution in [0.15, 0.2) is 18.2 Å². The molecule has 0 atom stereocenters. The van der Waals surface area contributed by atoms with Crippen LogP contribution in [0.4, 0.5) is 0 Å². The number of esters is 1. The third-order valence-electron chi connectivity index (χ3n) is 3.10. The average molecular weight is 306 g/mol. The summed E-state index contributed by atoms with van der Waals surface area (Å²) in [7, 11) is 0. The summed E-state index contributed by atoms with van der Waals surface area (Å²) in [6.45, 7) is 5.73. The van der Waals surface area contributed by atoms with Gasteiger partial charge in [0.05, 0.1) is 0 Å². The number of aryl methyl sites for hydroxylation is 2. The molecule has 120 valence electrons. The molecule has 0 bridgehead atoms. The number of carbonyl (C=O) groups is 3. The van der Waals surface area contributed by atoms with Crippen molar-refractivity contribution < 1.29 is 19.1 Å². The molecule has 0 aliphatic carbocycles. The molecule has 0 heterocycles. The van der Waals surface area contributed by atoms with Crippen molar-refractivity contribution in [3.05, 3.63) is 34.9 Å². The minimum Gasteiger partial charge on any atom is -0.454 e. The number of hydrogen-bond donors (Lipinski definition) is 2. The van der Waals surface area contributed by atoms with Crippen LogP contribution < -0.4 is 10.6 Å². The summed E-state index contributed by atoms with van der Waals surface area (Å²) in [5.41, 5.74) is 2.58. The molecule has 2 N–H and O–H groups in total. The maximum Gasteiger partial charge on any atom is 0.325 e. The Bertz CT molecular complexity index is 555. The monoisotopic (exact) mass is 306 g/mol. The van der Waals surface area contributed by atoms with E-state index in [-0.39, 0.29) is 25.0 Å². The van der Waals surface area contributed by atoms with Gasteiger partial charge in [0.15, 0.2) is 6.61 Å². The van der Waals surface area contributed by atoms with Crippen LogP contribution in [0, 0.1) is 13.8 Å². The fourth-order valence-electron chi connectivity index (χ4n) is 1.65. The standard InChI is InChI=1S/C16H22N2O4/c1-4-7-17-14(19)10-22-15(20)9-18-16(21)13-6-5-11(2)12(3)8-13/h5-6,8H,4,7,9-10H2,1-3H3,(H,17,19)(H,18,21). The van der Waals surface area contributed by atoms with Crippen molar-refractivity contribution in [1.29, 1.82) is 0 Å². The Morgan fingerprint density at radius 1 is 1.09 bits per heavy atom. The summed E-state index contributed by atoms with van der Waals surface area (Å²) in [5, 5.41) is 5.05. The number of carbonyl (C=O) groups excluding carboxylic acids is 3. The van der Waals surface area contributed by atoms with Gasteiger partial charge in [0.25, 0.3) is 11.8 Å². The molecule has 0 aliphatic heterocycles. The van der Waals surface area contributed by atoms with Gasteiger partial charge in [0, 0.05) is 12.1 Å². The van der Waals surface area contributed by atoms with E-state index in [1.54, 1.807) is 12.1 Å². The van der Waals surface area contributed by atoms with Gasteiger partial charge in [-0.3, -0.25) is 14.4 Å². The maximum absolute atomic E-state index is 11.9. The molecule has 22 heavy (non-hydrogen) atoms. The first-order valence-electron chi connectivity index (χ1n) is 7.21. The third kappa shape index (κ3) is 5.95. The zero-order valence-corrected chi connectivity index (χ0v) is 13.2. The van der Waals surface area contributed by atoms with Crippen molar-refractivity contribution in [3.63, 3.8) is 0 Å². The van der Waals surface area contributed by atoms with E-state index in [0.29, 0.717) is 12.1 Å². The Kier molecular flexibility index (Phi) is 7.08. The van der Waals surface area contributed by atoms with Crippen LogP contribution >= 0.6 is 0 Å². The first kappa shape index (κ1) is 17.7. The normalized spacial score (nSPS) is 9.95. The minimum absolute atomic E-state index is 0.271. The molecule has 0 unspecified atom stereocenters. The summed E-state index contributed by atoms with van der Waals surface area (Å²) in [4.78, 5) is 34.6. The molecule has 0 saturated carbocycles. The van der Waals surface area contributed by atoms with E-state index in [1.807, 2.05) is 26.8 Å². The lowest BCUT2D eigenvalue weighted by Gasteiger charge is -2.08. The SMILES string of the molecule is CCCNC(=O)COC(=O)CNC(=O)c1ccc(C)c(C)c1. The second-order valence-electron chi connectivity index (χ2n) is 4.99. The van der Waals surface area contributed by atoms with Gasteiger partial charge in [0.1, 0.15) is 6.54 Å². The van der Waals surface area contributed by atoms with Crippen LogP contribution in [-0.2, 0) is 14.3 Å². The fourth-order valence-corrected chi connectivity index (χ4v) is 1.65. The lowest BCUT2D eigenvalue weighted by atomic mass is 10.1. The van der Waals surface area contributed by atoms with Gasteiger partial charge < -0.3 is 15.4 Å². The predicted molar refractivity (Wildman–Crippen MR) is 82.5 cm³/mol. The average Bonchev–Trinajstić information content (AvgIpc) is 2.51. The molecule has 1 rings (SSSR count). The van der Waals surface area contributed by atoms with E-state index < -0.39 is 5.97 Å². The van der Waals surface area contributed by atoms with Crippen LogP contribution in [0.3, 0.4) is 0 Å². The number of hydrogen-bond acceptors (Lipinski definition) is 4. The first-order chi connectivity index (χ1) is 10.4. The van der Waals surface area contributed by atoms with Crippen LogP contribution in [-0.4, -0.2) is 37.5 Å². The van der Waals surface area contributed by atoms with Gasteiger partial charge in [-0.2, -0.15) is 0 Å². The molecular formula is C16H22N2O4. The van der Waals surface area contributed by atoms with Gasteiger partial charge in [-0.1, -0.05) is 13.0 Å². The molecule has 0 aliphatic rings. The molecule has 0 spiro atoms. The van der Waals surface area contributed by atoms with Crippen LogP contribution in [0.25, 0.3) is 0 Å². The van der Waals surface area contributed by atoms with Gasteiger partial charge in [-0.05, 0) is 43.5 Å².